The van der Waals surface area contributed by atoms with Crippen molar-refractivity contribution in [2.45, 2.75) is 0 Å². The second kappa shape index (κ2) is 4.61. The minimum atomic E-state index is -4.27. The Morgan fingerprint density at radius 3 is 1.95 bits per heavy atom. The van der Waals surface area contributed by atoms with Gasteiger partial charge in [-0.25, -0.2) is 0 Å². The third-order valence-corrected chi connectivity index (χ3v) is 6.79. The van der Waals surface area contributed by atoms with E-state index in [9.17, 15) is 7.67 Å². The molecule has 19 heavy (non-hydrogen) atoms. The topological polar surface area (TPSA) is 34.1 Å². The molecule has 0 heterocycles. The number of hydrogen-bond acceptors (Lipinski definition) is 2. The van der Waals surface area contributed by atoms with E-state index in [1.54, 1.807) is 36.4 Å². The van der Waals surface area contributed by atoms with Crippen molar-refractivity contribution < 1.29 is 7.67 Å². The molecule has 0 atom stereocenters. The summed E-state index contributed by atoms with van der Waals surface area (Å²) in [4.78, 5) is 0. The van der Waals surface area contributed by atoms with Crippen LogP contribution in [0.1, 0.15) is 0 Å². The van der Waals surface area contributed by atoms with Crippen LogP contribution in [0, 0.1) is 0 Å². The number of benzene rings is 3. The molecular formula is C16H12O2Se. The predicted octanol–water partition coefficient (Wildman–Crippen LogP) is 2.26. The van der Waals surface area contributed by atoms with Crippen molar-refractivity contribution in [3.05, 3.63) is 72.8 Å². The van der Waals surface area contributed by atoms with Crippen LogP contribution in [0.3, 0.4) is 0 Å². The summed E-state index contributed by atoms with van der Waals surface area (Å²) in [6.45, 7) is 0. The van der Waals surface area contributed by atoms with E-state index in [-0.39, 0.29) is 0 Å². The van der Waals surface area contributed by atoms with E-state index in [2.05, 4.69) is 0 Å². The average Bonchev–Trinajstić information content (AvgIpc) is 2.47. The summed E-state index contributed by atoms with van der Waals surface area (Å²) < 4.78 is 25.9. The first kappa shape index (κ1) is 12.1. The standard InChI is InChI=1S/C16H12O2Se/c17-19(18,15-8-2-1-3-9-15)16-11-10-13-6-4-5-7-14(13)12-16/h1-12H. The molecule has 0 fully saturated rings. The molecule has 0 bridgehead atoms. The molecule has 0 spiro atoms. The van der Waals surface area contributed by atoms with Gasteiger partial charge in [0.1, 0.15) is 0 Å². The van der Waals surface area contributed by atoms with Crippen LogP contribution in [0.4, 0.5) is 0 Å². The molecule has 0 amide bonds. The second-order valence-corrected chi connectivity index (χ2v) is 8.42. The first-order valence-electron chi connectivity index (χ1n) is 5.97. The molecule has 2 nitrogen and oxygen atoms in total. The fourth-order valence-electron chi connectivity index (χ4n) is 2.07. The Morgan fingerprint density at radius 1 is 0.579 bits per heavy atom. The Bertz CT molecular complexity index is 822. The zero-order valence-corrected chi connectivity index (χ0v) is 11.9. The van der Waals surface area contributed by atoms with Crippen molar-refractivity contribution in [3.63, 3.8) is 0 Å². The van der Waals surface area contributed by atoms with Gasteiger partial charge in [0.25, 0.3) is 0 Å². The van der Waals surface area contributed by atoms with Gasteiger partial charge in [-0.05, 0) is 0 Å². The van der Waals surface area contributed by atoms with Crippen LogP contribution < -0.4 is 8.92 Å². The monoisotopic (exact) mass is 316 g/mol. The predicted molar refractivity (Wildman–Crippen MR) is 76.8 cm³/mol. The van der Waals surface area contributed by atoms with Gasteiger partial charge in [0.05, 0.1) is 0 Å². The third kappa shape index (κ3) is 2.18. The Labute approximate surface area is 113 Å². The molecule has 0 saturated carbocycles. The molecule has 3 aromatic rings. The maximum atomic E-state index is 12.6. The molecule has 3 aromatic carbocycles. The van der Waals surface area contributed by atoms with Crippen LogP contribution in [-0.4, -0.2) is 12.7 Å². The van der Waals surface area contributed by atoms with Crippen molar-refractivity contribution >= 4 is 32.4 Å². The quantitative estimate of drug-likeness (QED) is 0.680. The van der Waals surface area contributed by atoms with Gasteiger partial charge >= 0.3 is 113 Å². The van der Waals surface area contributed by atoms with Gasteiger partial charge in [0.2, 0.25) is 0 Å². The van der Waals surface area contributed by atoms with Gasteiger partial charge in [0, 0.05) is 0 Å². The second-order valence-electron chi connectivity index (χ2n) is 4.33. The minimum absolute atomic E-state index is 0.397. The van der Waals surface area contributed by atoms with Crippen molar-refractivity contribution in [3.8, 4) is 0 Å². The Balaban J connectivity index is 2.19. The molecule has 0 aliphatic rings. The molecule has 0 radical (unpaired) electrons. The van der Waals surface area contributed by atoms with E-state index in [0.717, 1.165) is 10.8 Å². The van der Waals surface area contributed by atoms with E-state index in [1.165, 1.54) is 0 Å². The molecule has 3 heteroatoms. The Kier molecular flexibility index (Phi) is 2.94. The van der Waals surface area contributed by atoms with Crippen LogP contribution in [-0.2, 0) is 7.67 Å². The zero-order valence-electron chi connectivity index (χ0n) is 10.2. The van der Waals surface area contributed by atoms with Gasteiger partial charge in [-0.15, -0.1) is 0 Å². The summed E-state index contributed by atoms with van der Waals surface area (Å²) >= 11 is -4.27. The summed E-state index contributed by atoms with van der Waals surface area (Å²) in [5.41, 5.74) is 0. The molecule has 0 aliphatic carbocycles. The van der Waals surface area contributed by atoms with E-state index in [1.807, 2.05) is 36.4 Å². The van der Waals surface area contributed by atoms with E-state index in [0.29, 0.717) is 8.92 Å². The number of fused-ring (bicyclic) bond motifs is 1. The first-order valence-corrected chi connectivity index (χ1v) is 9.08. The van der Waals surface area contributed by atoms with Crippen molar-refractivity contribution in [1.82, 2.24) is 0 Å². The Hall–Kier alpha value is -1.96. The van der Waals surface area contributed by atoms with E-state index >= 15 is 0 Å². The van der Waals surface area contributed by atoms with Gasteiger partial charge in [0.15, 0.2) is 0 Å². The number of hydrogen-bond donors (Lipinski definition) is 0. The van der Waals surface area contributed by atoms with Gasteiger partial charge < -0.3 is 0 Å². The molecule has 0 unspecified atom stereocenters. The molecule has 3 rings (SSSR count). The maximum absolute atomic E-state index is 12.6. The molecule has 0 N–H and O–H groups in total. The molecule has 0 aliphatic heterocycles. The SMILES string of the molecule is O=[Se](=O)(c1ccccc1)c1ccc2ccccc2c1. The van der Waals surface area contributed by atoms with Crippen LogP contribution in [0.2, 0.25) is 0 Å². The summed E-state index contributed by atoms with van der Waals surface area (Å²) in [5, 5.41) is 2.00. The number of rotatable bonds is 2. The molecule has 0 aromatic heterocycles. The van der Waals surface area contributed by atoms with E-state index < -0.39 is 12.7 Å². The van der Waals surface area contributed by atoms with E-state index in [4.69, 9.17) is 0 Å². The fourth-order valence-corrected chi connectivity index (χ4v) is 4.83. The average molecular weight is 315 g/mol. The van der Waals surface area contributed by atoms with Crippen LogP contribution in [0.15, 0.2) is 72.8 Å². The summed E-state index contributed by atoms with van der Waals surface area (Å²) in [6.07, 6.45) is 0. The summed E-state index contributed by atoms with van der Waals surface area (Å²) in [7, 11) is 0. The molecular weight excluding hydrogens is 303 g/mol. The normalized spacial score (nSPS) is 11.6. The van der Waals surface area contributed by atoms with Crippen molar-refractivity contribution in [2.24, 2.45) is 0 Å². The zero-order chi connectivity index (χ0) is 13.3. The Morgan fingerprint density at radius 2 is 1.21 bits per heavy atom. The molecule has 0 saturated heterocycles. The summed E-state index contributed by atoms with van der Waals surface area (Å²) in [5.74, 6) is 0. The van der Waals surface area contributed by atoms with Crippen molar-refractivity contribution in [1.29, 1.82) is 0 Å². The van der Waals surface area contributed by atoms with Gasteiger partial charge in [-0.2, -0.15) is 0 Å². The van der Waals surface area contributed by atoms with Gasteiger partial charge in [-0.1, -0.05) is 0 Å². The molecule has 94 valence electrons. The van der Waals surface area contributed by atoms with Gasteiger partial charge in [-0.3, -0.25) is 0 Å². The summed E-state index contributed by atoms with van der Waals surface area (Å²) in [6, 6.07) is 21.7. The van der Waals surface area contributed by atoms with Crippen LogP contribution in [0.25, 0.3) is 10.8 Å². The fraction of sp³-hybridized carbons (Fsp3) is 0. The first-order chi connectivity index (χ1) is 9.18. The third-order valence-electron chi connectivity index (χ3n) is 3.08. The van der Waals surface area contributed by atoms with Crippen molar-refractivity contribution in [2.75, 3.05) is 0 Å². The van der Waals surface area contributed by atoms with Crippen LogP contribution >= 0.6 is 0 Å². The van der Waals surface area contributed by atoms with Crippen LogP contribution in [0.5, 0.6) is 0 Å².